The molecule has 0 fully saturated rings. The summed E-state index contributed by atoms with van der Waals surface area (Å²) < 4.78 is 28.9. The van der Waals surface area contributed by atoms with Crippen LogP contribution in [0.25, 0.3) is 0 Å². The lowest BCUT2D eigenvalue weighted by atomic mass is 10.1. The van der Waals surface area contributed by atoms with E-state index >= 15 is 0 Å². The highest BCUT2D eigenvalue weighted by molar-refractivity contribution is 6.32. The number of nitrogens with zero attached hydrogens (tertiary/aromatic N) is 4. The highest BCUT2D eigenvalue weighted by atomic mass is 35.5. The maximum Gasteiger partial charge on any atom is 0.387 e. The van der Waals surface area contributed by atoms with E-state index in [1.165, 1.54) is 18.5 Å². The number of rotatable bonds is 5. The van der Waals surface area contributed by atoms with Crippen LogP contribution < -0.4 is 15.0 Å². The molecule has 0 bridgehead atoms. The molecule has 3 heterocycles. The highest BCUT2D eigenvalue weighted by Gasteiger charge is 2.23. The summed E-state index contributed by atoms with van der Waals surface area (Å²) in [7, 11) is 0. The summed E-state index contributed by atoms with van der Waals surface area (Å²) in [5.74, 6) is 1.48. The smallest absolute Gasteiger partial charge is 0.387 e. The summed E-state index contributed by atoms with van der Waals surface area (Å²) in [5, 5.41) is 3.81. The molecule has 1 aliphatic heterocycles. The lowest BCUT2D eigenvalue weighted by molar-refractivity contribution is -0.0498. The number of hydrogen-bond donors (Lipinski definition) is 1. The Morgan fingerprint density at radius 2 is 1.93 bits per heavy atom. The normalized spacial score (nSPS) is 13.4. The van der Waals surface area contributed by atoms with E-state index in [2.05, 4.69) is 29.9 Å². The lowest BCUT2D eigenvalue weighted by Crippen LogP contribution is -2.32. The van der Waals surface area contributed by atoms with Gasteiger partial charge in [-0.25, -0.2) is 15.0 Å². The molecule has 3 aromatic rings. The largest absolute Gasteiger partial charge is 0.435 e. The number of ether oxygens (including phenoxy) is 1. The Bertz CT molecular complexity index is 971. The zero-order chi connectivity index (χ0) is 19.5. The zero-order valence-electron chi connectivity index (χ0n) is 14.6. The lowest BCUT2D eigenvalue weighted by Gasteiger charge is -2.30. The monoisotopic (exact) mass is 403 g/mol. The minimum Gasteiger partial charge on any atom is -0.435 e. The molecule has 6 nitrogen and oxygen atoms in total. The second-order valence-corrected chi connectivity index (χ2v) is 6.56. The Balaban J connectivity index is 1.57. The van der Waals surface area contributed by atoms with E-state index in [9.17, 15) is 8.78 Å². The molecule has 9 heteroatoms. The second kappa shape index (κ2) is 7.93. The first-order valence-electron chi connectivity index (χ1n) is 8.60. The number of pyridine rings is 1. The number of halogens is 3. The molecule has 0 spiro atoms. The Morgan fingerprint density at radius 1 is 1.11 bits per heavy atom. The second-order valence-electron chi connectivity index (χ2n) is 6.16. The number of fused-ring (bicyclic) bond motifs is 1. The topological polar surface area (TPSA) is 63.2 Å². The molecule has 0 amide bonds. The van der Waals surface area contributed by atoms with Gasteiger partial charge in [-0.05, 0) is 36.4 Å². The van der Waals surface area contributed by atoms with Crippen LogP contribution in [0.15, 0.2) is 48.9 Å². The van der Waals surface area contributed by atoms with Gasteiger partial charge in [0.1, 0.15) is 23.7 Å². The van der Waals surface area contributed by atoms with E-state index in [0.29, 0.717) is 23.1 Å². The quantitative estimate of drug-likeness (QED) is 0.679. The number of hydrogen-bond acceptors (Lipinski definition) is 6. The predicted molar refractivity (Wildman–Crippen MR) is 102 cm³/mol. The molecule has 0 aliphatic carbocycles. The van der Waals surface area contributed by atoms with Crippen molar-refractivity contribution >= 4 is 28.9 Å². The van der Waals surface area contributed by atoms with Crippen LogP contribution in [0.3, 0.4) is 0 Å². The van der Waals surface area contributed by atoms with Crippen molar-refractivity contribution in [1.82, 2.24) is 15.0 Å². The molecule has 4 rings (SSSR count). The van der Waals surface area contributed by atoms with Gasteiger partial charge in [0.15, 0.2) is 0 Å². The molecule has 0 saturated carbocycles. The van der Waals surface area contributed by atoms with Crippen LogP contribution in [0.5, 0.6) is 5.75 Å². The third-order valence-corrected chi connectivity index (χ3v) is 4.68. The van der Waals surface area contributed by atoms with E-state index in [0.717, 1.165) is 30.0 Å². The maximum absolute atomic E-state index is 12.3. The van der Waals surface area contributed by atoms with Gasteiger partial charge in [-0.15, -0.1) is 0 Å². The van der Waals surface area contributed by atoms with Crippen LogP contribution in [0.1, 0.15) is 11.3 Å². The molecule has 0 radical (unpaired) electrons. The number of aromatic nitrogens is 3. The Morgan fingerprint density at radius 3 is 2.68 bits per heavy atom. The van der Waals surface area contributed by atoms with Gasteiger partial charge in [0.2, 0.25) is 0 Å². The fraction of sp³-hybridized carbons (Fsp3) is 0.211. The summed E-state index contributed by atoms with van der Waals surface area (Å²) in [6.07, 6.45) is 3.96. The van der Waals surface area contributed by atoms with E-state index in [1.54, 1.807) is 24.4 Å². The molecular formula is C19H16ClF2N5O. The van der Waals surface area contributed by atoms with Crippen molar-refractivity contribution in [1.29, 1.82) is 0 Å². The average Bonchev–Trinajstić information content (AvgIpc) is 2.69. The van der Waals surface area contributed by atoms with Gasteiger partial charge in [-0.3, -0.25) is 0 Å². The zero-order valence-corrected chi connectivity index (χ0v) is 15.4. The molecule has 1 aromatic carbocycles. The van der Waals surface area contributed by atoms with E-state index in [4.69, 9.17) is 11.6 Å². The van der Waals surface area contributed by atoms with Crippen molar-refractivity contribution < 1.29 is 13.5 Å². The van der Waals surface area contributed by atoms with Crippen LogP contribution in [0, 0.1) is 0 Å². The minimum absolute atomic E-state index is 0.0984. The van der Waals surface area contributed by atoms with Gasteiger partial charge in [-0.2, -0.15) is 8.78 Å². The van der Waals surface area contributed by atoms with Crippen LogP contribution in [0.4, 0.5) is 26.1 Å². The molecule has 0 unspecified atom stereocenters. The number of alkyl halides is 2. The molecular weight excluding hydrogens is 388 g/mol. The van der Waals surface area contributed by atoms with Crippen molar-refractivity contribution in [3.05, 3.63) is 65.2 Å². The molecule has 0 saturated heterocycles. The third-order valence-electron chi connectivity index (χ3n) is 4.38. The predicted octanol–water partition coefficient (Wildman–Crippen LogP) is 4.43. The molecule has 1 aliphatic rings. The van der Waals surface area contributed by atoms with E-state index in [-0.39, 0.29) is 5.75 Å². The van der Waals surface area contributed by atoms with E-state index < -0.39 is 6.61 Å². The fourth-order valence-electron chi connectivity index (χ4n) is 3.10. The van der Waals surface area contributed by atoms with Gasteiger partial charge in [0.25, 0.3) is 0 Å². The Labute approximate surface area is 165 Å². The molecule has 0 atom stereocenters. The van der Waals surface area contributed by atoms with Gasteiger partial charge < -0.3 is 15.0 Å². The van der Waals surface area contributed by atoms with Crippen LogP contribution >= 0.6 is 11.6 Å². The van der Waals surface area contributed by atoms with Gasteiger partial charge in [0, 0.05) is 37.0 Å². The van der Waals surface area contributed by atoms with Gasteiger partial charge in [-0.1, -0.05) is 11.6 Å². The van der Waals surface area contributed by atoms with Crippen LogP contribution in [0.2, 0.25) is 5.02 Å². The van der Waals surface area contributed by atoms with Crippen LogP contribution in [-0.2, 0) is 13.0 Å². The first-order chi connectivity index (χ1) is 13.6. The number of benzene rings is 1. The van der Waals surface area contributed by atoms with Crippen molar-refractivity contribution in [3.8, 4) is 5.75 Å². The standard InChI is InChI=1S/C19H16ClF2N5O/c20-15-2-1-8-23-18(15)27-9-7-16-14(10-27)17(25-11-24-16)26-12-3-5-13(6-4-12)28-19(21)22/h1-6,8,11,19H,7,9-10H2,(H,24,25,26). The van der Waals surface area contributed by atoms with Crippen molar-refractivity contribution in [3.63, 3.8) is 0 Å². The van der Waals surface area contributed by atoms with Crippen molar-refractivity contribution in [2.24, 2.45) is 0 Å². The van der Waals surface area contributed by atoms with Crippen molar-refractivity contribution in [2.75, 3.05) is 16.8 Å². The summed E-state index contributed by atoms with van der Waals surface area (Å²) in [6.45, 7) is -1.54. The third kappa shape index (κ3) is 3.96. The van der Waals surface area contributed by atoms with Gasteiger partial charge in [0.05, 0.1) is 10.7 Å². The first-order valence-corrected chi connectivity index (χ1v) is 8.98. The van der Waals surface area contributed by atoms with Crippen molar-refractivity contribution in [2.45, 2.75) is 19.6 Å². The Hall–Kier alpha value is -3.00. The summed E-state index contributed by atoms with van der Waals surface area (Å²) in [5.41, 5.74) is 2.61. The van der Waals surface area contributed by atoms with Crippen LogP contribution in [-0.4, -0.2) is 28.1 Å². The first kappa shape index (κ1) is 18.4. The average molecular weight is 404 g/mol. The van der Waals surface area contributed by atoms with Gasteiger partial charge >= 0.3 is 6.61 Å². The SMILES string of the molecule is FC(F)Oc1ccc(Nc2ncnc3c2CN(c2ncccc2Cl)CC3)cc1. The maximum atomic E-state index is 12.3. The fourth-order valence-corrected chi connectivity index (χ4v) is 3.34. The molecule has 144 valence electrons. The number of nitrogens with one attached hydrogen (secondary N) is 1. The molecule has 1 N–H and O–H groups in total. The summed E-state index contributed by atoms with van der Waals surface area (Å²) >= 11 is 6.29. The highest BCUT2D eigenvalue weighted by Crippen LogP contribution is 2.31. The van der Waals surface area contributed by atoms with E-state index in [1.807, 2.05) is 6.07 Å². The summed E-state index contributed by atoms with van der Waals surface area (Å²) in [4.78, 5) is 15.2. The minimum atomic E-state index is -2.85. The summed E-state index contributed by atoms with van der Waals surface area (Å²) in [6, 6.07) is 9.86. The number of anilines is 3. The Kier molecular flexibility index (Phi) is 5.21. The molecule has 2 aromatic heterocycles. The molecule has 28 heavy (non-hydrogen) atoms.